The topological polar surface area (TPSA) is 88.0 Å². The summed E-state index contributed by atoms with van der Waals surface area (Å²) in [5.74, 6) is -0.471. The zero-order valence-electron chi connectivity index (χ0n) is 11.4. The summed E-state index contributed by atoms with van der Waals surface area (Å²) in [6, 6.07) is 5.56. The Balaban J connectivity index is 2.21. The lowest BCUT2D eigenvalue weighted by Gasteiger charge is -2.10. The molecule has 0 aliphatic carbocycles. The SMILES string of the molecule is CC(C)c1ncc(NCc2ccccn2)c(C(=O)O)n1. The highest BCUT2D eigenvalue weighted by atomic mass is 16.4. The van der Waals surface area contributed by atoms with E-state index in [0.717, 1.165) is 5.69 Å². The number of hydrogen-bond acceptors (Lipinski definition) is 5. The first-order chi connectivity index (χ1) is 9.58. The van der Waals surface area contributed by atoms with Crippen LogP contribution in [0.3, 0.4) is 0 Å². The second-order valence-electron chi connectivity index (χ2n) is 4.62. The van der Waals surface area contributed by atoms with Crippen molar-refractivity contribution in [1.82, 2.24) is 15.0 Å². The molecule has 104 valence electrons. The third kappa shape index (κ3) is 3.28. The van der Waals surface area contributed by atoms with Crippen LogP contribution in [0.5, 0.6) is 0 Å². The fraction of sp³-hybridized carbons (Fsp3) is 0.286. The summed E-state index contributed by atoms with van der Waals surface area (Å²) in [7, 11) is 0. The van der Waals surface area contributed by atoms with Crippen molar-refractivity contribution in [2.75, 3.05) is 5.32 Å². The van der Waals surface area contributed by atoms with Gasteiger partial charge >= 0.3 is 5.97 Å². The van der Waals surface area contributed by atoms with Crippen LogP contribution in [0.4, 0.5) is 5.69 Å². The van der Waals surface area contributed by atoms with Crippen molar-refractivity contribution in [3.8, 4) is 0 Å². The Morgan fingerprint density at radius 2 is 2.15 bits per heavy atom. The molecule has 0 amide bonds. The molecule has 0 saturated carbocycles. The number of nitrogens with zero attached hydrogens (tertiary/aromatic N) is 3. The highest BCUT2D eigenvalue weighted by Gasteiger charge is 2.15. The average Bonchev–Trinajstić information content (AvgIpc) is 2.45. The molecule has 0 atom stereocenters. The number of anilines is 1. The third-order valence-electron chi connectivity index (χ3n) is 2.71. The van der Waals surface area contributed by atoms with Crippen LogP contribution in [-0.2, 0) is 6.54 Å². The van der Waals surface area contributed by atoms with Crippen LogP contribution in [0, 0.1) is 0 Å². The van der Waals surface area contributed by atoms with E-state index in [1.165, 1.54) is 6.20 Å². The minimum Gasteiger partial charge on any atom is -0.476 e. The van der Waals surface area contributed by atoms with Crippen molar-refractivity contribution in [3.63, 3.8) is 0 Å². The van der Waals surface area contributed by atoms with Crippen LogP contribution in [0.1, 0.15) is 41.8 Å². The van der Waals surface area contributed by atoms with E-state index in [1.54, 1.807) is 6.20 Å². The van der Waals surface area contributed by atoms with E-state index in [2.05, 4.69) is 20.3 Å². The van der Waals surface area contributed by atoms with Crippen LogP contribution < -0.4 is 5.32 Å². The third-order valence-corrected chi connectivity index (χ3v) is 2.71. The minimum atomic E-state index is -1.07. The molecule has 2 N–H and O–H groups in total. The molecule has 20 heavy (non-hydrogen) atoms. The Hall–Kier alpha value is -2.50. The van der Waals surface area contributed by atoms with Gasteiger partial charge in [-0.1, -0.05) is 19.9 Å². The standard InChI is InChI=1S/C14H16N4O2/c1-9(2)13-17-8-11(12(18-13)14(19)20)16-7-10-5-3-4-6-15-10/h3-6,8-9,16H,7H2,1-2H3,(H,19,20). The lowest BCUT2D eigenvalue weighted by atomic mass is 10.2. The summed E-state index contributed by atoms with van der Waals surface area (Å²) in [5.41, 5.74) is 1.20. The zero-order valence-corrected chi connectivity index (χ0v) is 11.4. The van der Waals surface area contributed by atoms with Crippen molar-refractivity contribution in [2.45, 2.75) is 26.3 Å². The van der Waals surface area contributed by atoms with Gasteiger partial charge in [0.25, 0.3) is 0 Å². The Bertz CT molecular complexity index is 599. The highest BCUT2D eigenvalue weighted by Crippen LogP contribution is 2.17. The molecule has 6 heteroatoms. The number of aromatic carboxylic acids is 1. The van der Waals surface area contributed by atoms with Gasteiger partial charge in [0.05, 0.1) is 24.1 Å². The molecule has 0 bridgehead atoms. The van der Waals surface area contributed by atoms with E-state index >= 15 is 0 Å². The van der Waals surface area contributed by atoms with Crippen LogP contribution in [0.2, 0.25) is 0 Å². The maximum absolute atomic E-state index is 11.3. The molecule has 0 saturated heterocycles. The molecule has 0 fully saturated rings. The molecule has 0 spiro atoms. The summed E-state index contributed by atoms with van der Waals surface area (Å²) < 4.78 is 0. The van der Waals surface area contributed by atoms with Crippen LogP contribution >= 0.6 is 0 Å². The van der Waals surface area contributed by atoms with Gasteiger partial charge in [0.2, 0.25) is 0 Å². The van der Waals surface area contributed by atoms with Crippen molar-refractivity contribution in [3.05, 3.63) is 47.8 Å². The van der Waals surface area contributed by atoms with E-state index in [9.17, 15) is 9.90 Å². The van der Waals surface area contributed by atoms with Gasteiger partial charge in [-0.2, -0.15) is 0 Å². The number of rotatable bonds is 5. The number of aromatic nitrogens is 3. The smallest absolute Gasteiger partial charge is 0.356 e. The molecule has 2 aromatic rings. The molecule has 0 aliphatic rings. The monoisotopic (exact) mass is 272 g/mol. The second-order valence-corrected chi connectivity index (χ2v) is 4.62. The quantitative estimate of drug-likeness (QED) is 0.868. The lowest BCUT2D eigenvalue weighted by Crippen LogP contribution is -2.12. The fourth-order valence-corrected chi connectivity index (χ4v) is 1.65. The number of pyridine rings is 1. The Kier molecular flexibility index (Phi) is 4.24. The van der Waals surface area contributed by atoms with Gasteiger partial charge in [0.15, 0.2) is 5.69 Å². The number of carbonyl (C=O) groups is 1. The molecular formula is C14H16N4O2. The molecule has 0 unspecified atom stereocenters. The van der Waals surface area contributed by atoms with Crippen molar-refractivity contribution in [1.29, 1.82) is 0 Å². The Labute approximate surface area is 116 Å². The molecule has 2 rings (SSSR count). The molecule has 0 aromatic carbocycles. The van der Waals surface area contributed by atoms with E-state index in [-0.39, 0.29) is 11.6 Å². The molecule has 2 aromatic heterocycles. The first kappa shape index (κ1) is 13.9. The normalized spacial score (nSPS) is 10.6. The Morgan fingerprint density at radius 3 is 2.75 bits per heavy atom. The van der Waals surface area contributed by atoms with E-state index in [4.69, 9.17) is 0 Å². The second kappa shape index (κ2) is 6.10. The maximum atomic E-state index is 11.3. The summed E-state index contributed by atoms with van der Waals surface area (Å²) in [5, 5.41) is 12.2. The number of nitrogens with one attached hydrogen (secondary N) is 1. The van der Waals surface area contributed by atoms with Crippen LogP contribution in [0.15, 0.2) is 30.6 Å². The van der Waals surface area contributed by atoms with Crippen molar-refractivity contribution >= 4 is 11.7 Å². The predicted molar refractivity (Wildman–Crippen MR) is 74.6 cm³/mol. The van der Waals surface area contributed by atoms with Gasteiger partial charge < -0.3 is 10.4 Å². The number of hydrogen-bond donors (Lipinski definition) is 2. The average molecular weight is 272 g/mol. The van der Waals surface area contributed by atoms with E-state index < -0.39 is 5.97 Å². The predicted octanol–water partition coefficient (Wildman–Crippen LogP) is 2.31. The summed E-state index contributed by atoms with van der Waals surface area (Å²) >= 11 is 0. The highest BCUT2D eigenvalue weighted by molar-refractivity contribution is 5.91. The van der Waals surface area contributed by atoms with Gasteiger partial charge in [-0.3, -0.25) is 4.98 Å². The van der Waals surface area contributed by atoms with Crippen molar-refractivity contribution in [2.24, 2.45) is 0 Å². The van der Waals surface area contributed by atoms with Crippen LogP contribution in [0.25, 0.3) is 0 Å². The van der Waals surface area contributed by atoms with Gasteiger partial charge in [-0.25, -0.2) is 14.8 Å². The van der Waals surface area contributed by atoms with E-state index in [1.807, 2.05) is 32.0 Å². The number of carboxylic acid groups (broad SMARTS) is 1. The minimum absolute atomic E-state index is 0.0142. The first-order valence-electron chi connectivity index (χ1n) is 6.32. The van der Waals surface area contributed by atoms with Gasteiger partial charge in [0.1, 0.15) is 5.82 Å². The van der Waals surface area contributed by atoms with Crippen molar-refractivity contribution < 1.29 is 9.90 Å². The van der Waals surface area contributed by atoms with Gasteiger partial charge in [-0.15, -0.1) is 0 Å². The van der Waals surface area contributed by atoms with Crippen LogP contribution in [-0.4, -0.2) is 26.0 Å². The Morgan fingerprint density at radius 1 is 1.35 bits per heavy atom. The summed E-state index contributed by atoms with van der Waals surface area (Å²) in [6.07, 6.45) is 3.20. The fourth-order valence-electron chi connectivity index (χ4n) is 1.65. The summed E-state index contributed by atoms with van der Waals surface area (Å²) in [6.45, 7) is 4.26. The summed E-state index contributed by atoms with van der Waals surface area (Å²) in [4.78, 5) is 23.7. The first-order valence-corrected chi connectivity index (χ1v) is 6.32. The van der Waals surface area contributed by atoms with Gasteiger partial charge in [0, 0.05) is 12.1 Å². The molecule has 6 nitrogen and oxygen atoms in total. The maximum Gasteiger partial charge on any atom is 0.356 e. The molecule has 0 radical (unpaired) electrons. The molecule has 0 aliphatic heterocycles. The number of carboxylic acids is 1. The van der Waals surface area contributed by atoms with Gasteiger partial charge in [-0.05, 0) is 12.1 Å². The molecular weight excluding hydrogens is 256 g/mol. The molecule has 2 heterocycles. The van der Waals surface area contributed by atoms with E-state index in [0.29, 0.717) is 18.1 Å². The zero-order chi connectivity index (χ0) is 14.5. The largest absolute Gasteiger partial charge is 0.476 e. The lowest BCUT2D eigenvalue weighted by molar-refractivity contribution is 0.0691.